The van der Waals surface area contributed by atoms with E-state index < -0.39 is 17.4 Å². The highest BCUT2D eigenvalue weighted by atomic mass is 32.1. The monoisotopic (exact) mass is 394 g/mol. The van der Waals surface area contributed by atoms with E-state index in [1.165, 1.54) is 58.3 Å². The molecule has 0 spiro atoms. The summed E-state index contributed by atoms with van der Waals surface area (Å²) in [6.45, 7) is 2.08. The lowest BCUT2D eigenvalue weighted by Crippen LogP contribution is -2.54. The van der Waals surface area contributed by atoms with Crippen molar-refractivity contribution in [3.05, 3.63) is 38.4 Å². The van der Waals surface area contributed by atoms with Gasteiger partial charge in [-0.25, -0.2) is 0 Å². The van der Waals surface area contributed by atoms with E-state index in [-0.39, 0.29) is 26.9 Å². The van der Waals surface area contributed by atoms with Crippen LogP contribution >= 0.6 is 24.4 Å². The van der Waals surface area contributed by atoms with Crippen LogP contribution in [0.15, 0.2) is 22.5 Å². The zero-order valence-electron chi connectivity index (χ0n) is 14.7. The topological polar surface area (TPSA) is 87.8 Å². The number of aromatic nitrogens is 2. The quantitative estimate of drug-likeness (QED) is 0.461. The average molecular weight is 394 g/mol. The number of allylic oxidation sites excluding steroid dienone is 2. The molecule has 0 atom stereocenters. The molecule has 1 N–H and O–H groups in total. The van der Waals surface area contributed by atoms with Crippen molar-refractivity contribution < 1.29 is 14.7 Å². The summed E-state index contributed by atoms with van der Waals surface area (Å²) in [6, 6.07) is 0. The Morgan fingerprint density at radius 1 is 1.04 bits per heavy atom. The van der Waals surface area contributed by atoms with Crippen LogP contribution in [0.1, 0.15) is 12.5 Å². The van der Waals surface area contributed by atoms with Crippen molar-refractivity contribution in [3.8, 4) is 5.88 Å². The van der Waals surface area contributed by atoms with E-state index in [2.05, 4.69) is 0 Å². The molecule has 1 fully saturated rings. The predicted molar refractivity (Wildman–Crippen MR) is 103 cm³/mol. The molecule has 8 nitrogen and oxygen atoms in total. The Morgan fingerprint density at radius 2 is 1.65 bits per heavy atom. The smallest absolute Gasteiger partial charge is 0.265 e. The standard InChI is InChI=1S/C16H18N4O4S2/c1-5-20-14(24)10(13(23)19(4)16(20)26)8-6-7-9-11(21)17(2)15(25)18(3)12(9)22/h6-8,21H,5H2,1-4H3. The van der Waals surface area contributed by atoms with Gasteiger partial charge in [-0.15, -0.1) is 0 Å². The number of carbonyl (C=O) groups is 2. The average Bonchev–Trinajstić information content (AvgIpc) is 2.62. The molecular weight excluding hydrogens is 376 g/mol. The fourth-order valence-corrected chi connectivity index (χ4v) is 2.90. The van der Waals surface area contributed by atoms with Gasteiger partial charge in [0, 0.05) is 27.7 Å². The molecule has 1 saturated heterocycles. The lowest BCUT2D eigenvalue weighted by molar-refractivity contribution is -0.133. The highest BCUT2D eigenvalue weighted by Gasteiger charge is 2.36. The lowest BCUT2D eigenvalue weighted by Gasteiger charge is -2.33. The Morgan fingerprint density at radius 3 is 2.23 bits per heavy atom. The van der Waals surface area contributed by atoms with Crippen LogP contribution in [-0.4, -0.2) is 54.6 Å². The summed E-state index contributed by atoms with van der Waals surface area (Å²) in [4.78, 5) is 39.5. The van der Waals surface area contributed by atoms with Crippen LogP contribution in [0.2, 0.25) is 0 Å². The van der Waals surface area contributed by atoms with Gasteiger partial charge in [-0.2, -0.15) is 0 Å². The number of nitrogens with zero attached hydrogens (tertiary/aromatic N) is 4. The van der Waals surface area contributed by atoms with E-state index in [4.69, 9.17) is 24.4 Å². The highest BCUT2D eigenvalue weighted by molar-refractivity contribution is 7.80. The molecule has 10 heteroatoms. The molecular formula is C16H18N4O4S2. The van der Waals surface area contributed by atoms with Gasteiger partial charge in [-0.05, 0) is 43.5 Å². The zero-order valence-corrected chi connectivity index (χ0v) is 16.3. The van der Waals surface area contributed by atoms with Crippen molar-refractivity contribution in [2.45, 2.75) is 6.92 Å². The van der Waals surface area contributed by atoms with E-state index in [1.807, 2.05) is 0 Å². The third-order valence-electron chi connectivity index (χ3n) is 4.04. The molecule has 0 aromatic carbocycles. The van der Waals surface area contributed by atoms with Gasteiger partial charge in [0.2, 0.25) is 5.88 Å². The Bertz CT molecular complexity index is 987. The van der Waals surface area contributed by atoms with Gasteiger partial charge in [-0.3, -0.25) is 33.3 Å². The van der Waals surface area contributed by atoms with E-state index in [9.17, 15) is 19.5 Å². The van der Waals surface area contributed by atoms with Crippen LogP contribution in [0.3, 0.4) is 0 Å². The molecule has 0 radical (unpaired) electrons. The molecule has 0 saturated carbocycles. The molecule has 1 aromatic rings. The number of rotatable bonds is 3. The van der Waals surface area contributed by atoms with Gasteiger partial charge in [0.05, 0.1) is 0 Å². The first kappa shape index (κ1) is 19.7. The molecule has 2 amide bonds. The van der Waals surface area contributed by atoms with Crippen molar-refractivity contribution in [1.82, 2.24) is 18.9 Å². The number of hydrogen-bond acceptors (Lipinski definition) is 6. The van der Waals surface area contributed by atoms with E-state index in [0.29, 0.717) is 6.54 Å². The number of hydrogen-bond donors (Lipinski definition) is 1. The SMILES string of the molecule is CCN1C(=O)C(=CC=Cc2c(O)n(C)c(=S)n(C)c2=O)C(=O)N(C)C1=S. The lowest BCUT2D eigenvalue weighted by atomic mass is 10.1. The molecule has 1 aliphatic heterocycles. The van der Waals surface area contributed by atoms with Crippen molar-refractivity contribution in [3.63, 3.8) is 0 Å². The minimum Gasteiger partial charge on any atom is -0.494 e. The van der Waals surface area contributed by atoms with Crippen LogP contribution in [0, 0.1) is 4.77 Å². The van der Waals surface area contributed by atoms with Crippen LogP contribution in [0.5, 0.6) is 5.88 Å². The van der Waals surface area contributed by atoms with Gasteiger partial charge in [0.15, 0.2) is 9.88 Å². The Kier molecular flexibility index (Phi) is 5.57. The minimum atomic E-state index is -0.530. The summed E-state index contributed by atoms with van der Waals surface area (Å²) in [5, 5.41) is 10.3. The van der Waals surface area contributed by atoms with Crippen LogP contribution in [0.4, 0.5) is 0 Å². The highest BCUT2D eigenvalue weighted by Crippen LogP contribution is 2.17. The Balaban J connectivity index is 2.48. The first-order valence-electron chi connectivity index (χ1n) is 7.64. The molecule has 138 valence electrons. The first-order valence-corrected chi connectivity index (χ1v) is 8.46. The number of thiocarbonyl (C=S) groups is 1. The van der Waals surface area contributed by atoms with E-state index in [0.717, 1.165) is 0 Å². The maximum atomic E-state index is 12.4. The van der Waals surface area contributed by atoms with E-state index >= 15 is 0 Å². The second kappa shape index (κ2) is 7.34. The van der Waals surface area contributed by atoms with Crippen molar-refractivity contribution in [2.75, 3.05) is 13.6 Å². The maximum absolute atomic E-state index is 12.4. The van der Waals surface area contributed by atoms with Crippen molar-refractivity contribution >= 4 is 47.4 Å². The van der Waals surface area contributed by atoms with Crippen LogP contribution in [0.25, 0.3) is 6.08 Å². The van der Waals surface area contributed by atoms with Gasteiger partial charge >= 0.3 is 0 Å². The summed E-state index contributed by atoms with van der Waals surface area (Å²) < 4.78 is 2.66. The molecule has 0 aliphatic carbocycles. The number of likely N-dealkylation sites (N-methyl/N-ethyl adjacent to an activating group) is 2. The number of amides is 2. The summed E-state index contributed by atoms with van der Waals surface area (Å²) in [5.74, 6) is -1.34. The summed E-state index contributed by atoms with van der Waals surface area (Å²) in [6.07, 6.45) is 3.98. The molecule has 2 rings (SSSR count). The van der Waals surface area contributed by atoms with Crippen molar-refractivity contribution in [1.29, 1.82) is 0 Å². The number of carbonyl (C=O) groups excluding carboxylic acids is 2. The molecule has 2 heterocycles. The predicted octanol–water partition coefficient (Wildman–Crippen LogP) is 0.704. The summed E-state index contributed by atoms with van der Waals surface area (Å²) in [7, 11) is 4.50. The minimum absolute atomic E-state index is 0.00706. The van der Waals surface area contributed by atoms with Crippen molar-refractivity contribution in [2.24, 2.45) is 14.1 Å². The molecule has 1 aliphatic rings. The molecule has 0 unspecified atom stereocenters. The zero-order chi connectivity index (χ0) is 19.8. The molecule has 26 heavy (non-hydrogen) atoms. The van der Waals surface area contributed by atoms with Gasteiger partial charge in [0.25, 0.3) is 17.4 Å². The number of aromatic hydroxyl groups is 1. The fraction of sp³-hybridized carbons (Fsp3) is 0.312. The largest absolute Gasteiger partial charge is 0.494 e. The molecule has 0 bridgehead atoms. The molecule has 1 aromatic heterocycles. The summed E-state index contributed by atoms with van der Waals surface area (Å²) >= 11 is 10.1. The third-order valence-corrected chi connectivity index (χ3v) is 5.08. The Labute approximate surface area is 160 Å². The second-order valence-corrected chi connectivity index (χ2v) is 6.31. The van der Waals surface area contributed by atoms with E-state index in [1.54, 1.807) is 6.92 Å². The van der Waals surface area contributed by atoms with Gasteiger partial charge < -0.3 is 5.11 Å². The van der Waals surface area contributed by atoms with Crippen LogP contribution in [-0.2, 0) is 23.7 Å². The van der Waals surface area contributed by atoms with Gasteiger partial charge in [0.1, 0.15) is 11.1 Å². The van der Waals surface area contributed by atoms with Gasteiger partial charge in [-0.1, -0.05) is 6.08 Å². The second-order valence-electron chi connectivity index (χ2n) is 5.58. The normalized spacial score (nSPS) is 17.1. The fourth-order valence-electron chi connectivity index (χ4n) is 2.44. The maximum Gasteiger partial charge on any atom is 0.265 e. The first-order chi connectivity index (χ1) is 12.1. The third kappa shape index (κ3) is 3.13. The summed E-state index contributed by atoms with van der Waals surface area (Å²) in [5.41, 5.74) is -0.581. The van der Waals surface area contributed by atoms with Crippen LogP contribution < -0.4 is 5.56 Å². The Hall–Kier alpha value is -2.59.